The van der Waals surface area contributed by atoms with Gasteiger partial charge in [0.15, 0.2) is 0 Å². The molecule has 0 fully saturated rings. The van der Waals surface area contributed by atoms with E-state index in [1.165, 1.54) is 7.11 Å². The van der Waals surface area contributed by atoms with E-state index >= 15 is 0 Å². The fourth-order valence-corrected chi connectivity index (χ4v) is 1.55. The molecule has 102 valence electrons. The van der Waals surface area contributed by atoms with Gasteiger partial charge in [0.1, 0.15) is 18.0 Å². The molecule has 0 aromatic heterocycles. The number of ether oxygens (including phenoxy) is 3. The van der Waals surface area contributed by atoms with Gasteiger partial charge in [0, 0.05) is 7.11 Å². The SMILES string of the molecule is COc1ccc(CO[C@@H](CO)[C@H](CO)OC)cc1. The van der Waals surface area contributed by atoms with Gasteiger partial charge in [-0.15, -0.1) is 0 Å². The van der Waals surface area contributed by atoms with Crippen LogP contribution in [0.5, 0.6) is 5.75 Å². The largest absolute Gasteiger partial charge is 0.497 e. The van der Waals surface area contributed by atoms with Gasteiger partial charge in [0.25, 0.3) is 0 Å². The van der Waals surface area contributed by atoms with Crippen LogP contribution < -0.4 is 4.74 Å². The highest BCUT2D eigenvalue weighted by molar-refractivity contribution is 5.26. The van der Waals surface area contributed by atoms with Crippen LogP contribution in [0.1, 0.15) is 5.56 Å². The predicted molar refractivity (Wildman–Crippen MR) is 66.5 cm³/mol. The van der Waals surface area contributed by atoms with Crippen molar-refractivity contribution in [1.82, 2.24) is 0 Å². The van der Waals surface area contributed by atoms with Crippen LogP contribution in [-0.2, 0) is 16.1 Å². The van der Waals surface area contributed by atoms with Crippen molar-refractivity contribution >= 4 is 0 Å². The van der Waals surface area contributed by atoms with Crippen molar-refractivity contribution in [3.8, 4) is 5.75 Å². The topological polar surface area (TPSA) is 68.2 Å². The van der Waals surface area contributed by atoms with Crippen molar-refractivity contribution in [2.75, 3.05) is 27.4 Å². The van der Waals surface area contributed by atoms with Gasteiger partial charge in [-0.3, -0.25) is 0 Å². The van der Waals surface area contributed by atoms with Crippen LogP contribution in [-0.4, -0.2) is 49.9 Å². The van der Waals surface area contributed by atoms with Crippen LogP contribution in [0.15, 0.2) is 24.3 Å². The van der Waals surface area contributed by atoms with E-state index in [-0.39, 0.29) is 13.2 Å². The van der Waals surface area contributed by atoms with Crippen LogP contribution >= 0.6 is 0 Å². The number of benzene rings is 1. The Hall–Kier alpha value is -1.14. The molecule has 0 heterocycles. The molecule has 0 amide bonds. The predicted octanol–water partition coefficient (Wildman–Crippen LogP) is 0.580. The Balaban J connectivity index is 2.51. The van der Waals surface area contributed by atoms with Gasteiger partial charge in [-0.25, -0.2) is 0 Å². The van der Waals surface area contributed by atoms with Crippen molar-refractivity contribution < 1.29 is 24.4 Å². The molecular formula is C13H20O5. The zero-order valence-electron chi connectivity index (χ0n) is 10.7. The zero-order valence-corrected chi connectivity index (χ0v) is 10.7. The Bertz CT molecular complexity index is 321. The van der Waals surface area contributed by atoms with Crippen molar-refractivity contribution in [1.29, 1.82) is 0 Å². The van der Waals surface area contributed by atoms with Crippen molar-refractivity contribution in [2.24, 2.45) is 0 Å². The molecule has 0 saturated heterocycles. The van der Waals surface area contributed by atoms with Gasteiger partial charge in [0.2, 0.25) is 0 Å². The molecule has 5 heteroatoms. The van der Waals surface area contributed by atoms with Gasteiger partial charge in [-0.2, -0.15) is 0 Å². The maximum absolute atomic E-state index is 9.18. The first-order chi connectivity index (χ1) is 8.74. The van der Waals surface area contributed by atoms with E-state index < -0.39 is 12.2 Å². The van der Waals surface area contributed by atoms with E-state index in [1.54, 1.807) is 7.11 Å². The summed E-state index contributed by atoms with van der Waals surface area (Å²) in [5, 5.41) is 18.2. The summed E-state index contributed by atoms with van der Waals surface area (Å²) in [6.07, 6.45) is -1.06. The Labute approximate surface area is 107 Å². The maximum atomic E-state index is 9.18. The Kier molecular flexibility index (Phi) is 6.67. The number of aliphatic hydroxyl groups is 2. The van der Waals surface area contributed by atoms with Crippen LogP contribution in [0.2, 0.25) is 0 Å². The molecule has 0 saturated carbocycles. The molecule has 1 rings (SSSR count). The van der Waals surface area contributed by atoms with Crippen LogP contribution in [0.4, 0.5) is 0 Å². The molecule has 0 radical (unpaired) electrons. The second-order valence-corrected chi connectivity index (χ2v) is 3.84. The summed E-state index contributed by atoms with van der Waals surface area (Å²) in [7, 11) is 3.08. The summed E-state index contributed by atoms with van der Waals surface area (Å²) in [6.45, 7) is -0.0470. The lowest BCUT2D eigenvalue weighted by atomic mass is 10.2. The lowest BCUT2D eigenvalue weighted by Gasteiger charge is -2.22. The normalized spacial score (nSPS) is 14.2. The van der Waals surface area contributed by atoms with Gasteiger partial charge < -0.3 is 24.4 Å². The van der Waals surface area contributed by atoms with E-state index in [4.69, 9.17) is 19.3 Å². The fraction of sp³-hybridized carbons (Fsp3) is 0.538. The summed E-state index contributed by atoms with van der Waals surface area (Å²) in [5.74, 6) is 0.780. The molecule has 2 atom stereocenters. The molecule has 1 aromatic rings. The van der Waals surface area contributed by atoms with Gasteiger partial charge in [0.05, 0.1) is 26.9 Å². The Morgan fingerprint density at radius 2 is 1.61 bits per heavy atom. The van der Waals surface area contributed by atoms with E-state index in [0.717, 1.165) is 11.3 Å². The van der Waals surface area contributed by atoms with Crippen LogP contribution in [0.3, 0.4) is 0 Å². The number of methoxy groups -OCH3 is 2. The van der Waals surface area contributed by atoms with Crippen molar-refractivity contribution in [3.63, 3.8) is 0 Å². The van der Waals surface area contributed by atoms with Gasteiger partial charge >= 0.3 is 0 Å². The fourth-order valence-electron chi connectivity index (χ4n) is 1.55. The minimum absolute atomic E-state index is 0.190. The number of hydrogen-bond acceptors (Lipinski definition) is 5. The molecule has 18 heavy (non-hydrogen) atoms. The third-order valence-electron chi connectivity index (χ3n) is 2.70. The summed E-state index contributed by atoms with van der Waals surface area (Å²) in [5.41, 5.74) is 0.960. The summed E-state index contributed by atoms with van der Waals surface area (Å²) >= 11 is 0. The van der Waals surface area contributed by atoms with Crippen molar-refractivity contribution in [2.45, 2.75) is 18.8 Å². The molecule has 0 aliphatic carbocycles. The molecule has 0 bridgehead atoms. The van der Waals surface area contributed by atoms with Gasteiger partial charge in [-0.05, 0) is 17.7 Å². The highest BCUT2D eigenvalue weighted by Crippen LogP contribution is 2.13. The van der Waals surface area contributed by atoms with Crippen molar-refractivity contribution in [3.05, 3.63) is 29.8 Å². The lowest BCUT2D eigenvalue weighted by molar-refractivity contribution is -0.101. The minimum atomic E-state index is -0.540. The average molecular weight is 256 g/mol. The lowest BCUT2D eigenvalue weighted by Crippen LogP contribution is -2.36. The zero-order chi connectivity index (χ0) is 13.4. The summed E-state index contributed by atoms with van der Waals surface area (Å²) in [4.78, 5) is 0. The second kappa shape index (κ2) is 8.05. The van der Waals surface area contributed by atoms with Crippen LogP contribution in [0.25, 0.3) is 0 Å². The van der Waals surface area contributed by atoms with E-state index in [2.05, 4.69) is 0 Å². The second-order valence-electron chi connectivity index (χ2n) is 3.84. The molecule has 1 aromatic carbocycles. The highest BCUT2D eigenvalue weighted by atomic mass is 16.5. The third kappa shape index (κ3) is 4.27. The summed E-state index contributed by atoms with van der Waals surface area (Å²) in [6, 6.07) is 7.45. The minimum Gasteiger partial charge on any atom is -0.497 e. The Morgan fingerprint density at radius 1 is 1.00 bits per heavy atom. The Morgan fingerprint density at radius 3 is 2.06 bits per heavy atom. The van der Waals surface area contributed by atoms with E-state index in [9.17, 15) is 5.11 Å². The number of hydrogen-bond donors (Lipinski definition) is 2. The third-order valence-corrected chi connectivity index (χ3v) is 2.70. The molecule has 0 spiro atoms. The van der Waals surface area contributed by atoms with Crippen LogP contribution in [0, 0.1) is 0 Å². The maximum Gasteiger partial charge on any atom is 0.118 e. The smallest absolute Gasteiger partial charge is 0.118 e. The monoisotopic (exact) mass is 256 g/mol. The first-order valence-corrected chi connectivity index (χ1v) is 5.74. The molecule has 0 aliphatic heterocycles. The van der Waals surface area contributed by atoms with E-state index in [0.29, 0.717) is 6.61 Å². The first kappa shape index (κ1) is 14.9. The van der Waals surface area contributed by atoms with Gasteiger partial charge in [-0.1, -0.05) is 12.1 Å². The standard InChI is InChI=1S/C13H20O5/c1-16-11-5-3-10(4-6-11)9-18-13(8-15)12(7-14)17-2/h3-6,12-15H,7-9H2,1-2H3/t12-,13-/m0/s1. The first-order valence-electron chi connectivity index (χ1n) is 5.74. The summed E-state index contributed by atoms with van der Waals surface area (Å²) < 4.78 is 15.6. The molecule has 5 nitrogen and oxygen atoms in total. The number of rotatable bonds is 8. The average Bonchev–Trinajstić information content (AvgIpc) is 2.44. The molecule has 0 unspecified atom stereocenters. The number of aliphatic hydroxyl groups excluding tert-OH is 2. The quantitative estimate of drug-likeness (QED) is 0.712. The highest BCUT2D eigenvalue weighted by Gasteiger charge is 2.20. The molecule has 2 N–H and O–H groups in total. The molecule has 0 aliphatic rings. The van der Waals surface area contributed by atoms with E-state index in [1.807, 2.05) is 24.3 Å². The molecular weight excluding hydrogens is 236 g/mol.